The third-order valence-corrected chi connectivity index (χ3v) is 4.51. The Morgan fingerprint density at radius 1 is 1.08 bits per heavy atom. The lowest BCUT2D eigenvalue weighted by Crippen LogP contribution is -2.43. The van der Waals surface area contributed by atoms with Crippen LogP contribution in [0.5, 0.6) is 0 Å². The molecule has 1 amide bonds. The molecule has 0 saturated carbocycles. The first-order valence-electron chi connectivity index (χ1n) is 8.71. The van der Waals surface area contributed by atoms with E-state index in [1.165, 1.54) is 16.8 Å². The Morgan fingerprint density at radius 3 is 2.42 bits per heavy atom. The summed E-state index contributed by atoms with van der Waals surface area (Å²) in [4.78, 5) is 18.1. The highest BCUT2D eigenvalue weighted by atomic mass is 16.2. The van der Waals surface area contributed by atoms with E-state index in [1.807, 2.05) is 24.5 Å². The number of carbonyl (C=O) groups is 1. The van der Waals surface area contributed by atoms with Gasteiger partial charge < -0.3 is 10.2 Å². The number of benzene rings is 1. The second-order valence-corrected chi connectivity index (χ2v) is 6.35. The molecule has 1 aromatic heterocycles. The monoisotopic (exact) mass is 355 g/mol. The maximum atomic E-state index is 11.3. The molecule has 2 aromatic rings. The molecule has 0 unspecified atom stereocenters. The minimum absolute atomic E-state index is 0. The highest BCUT2D eigenvalue weighted by Gasteiger charge is 2.11. The molecule has 0 aliphatic carbocycles. The number of carbonyl (C=O) groups excluding carboxylic acids is 1. The molecule has 1 saturated heterocycles. The summed E-state index contributed by atoms with van der Waals surface area (Å²) in [5, 5.41) is 3.37. The third kappa shape index (κ3) is 5.54. The minimum atomic E-state index is -0.177. The molecule has 0 radical (unpaired) electrons. The number of hydrazine groups is 1. The van der Waals surface area contributed by atoms with Crippen molar-refractivity contribution in [3.8, 4) is 0 Å². The molecule has 0 spiro atoms. The van der Waals surface area contributed by atoms with E-state index >= 15 is 0 Å². The van der Waals surface area contributed by atoms with Gasteiger partial charge in [-0.05, 0) is 35.6 Å². The van der Waals surface area contributed by atoms with Crippen LogP contribution in [-0.4, -0.2) is 37.1 Å². The normalized spacial score (nSPS) is 13.8. The number of anilines is 1. The van der Waals surface area contributed by atoms with Crippen LogP contribution < -0.4 is 21.5 Å². The van der Waals surface area contributed by atoms with Crippen molar-refractivity contribution in [1.29, 1.82) is 0 Å². The summed E-state index contributed by atoms with van der Waals surface area (Å²) >= 11 is 0. The molecule has 6 heteroatoms. The second kappa shape index (κ2) is 9.89. The third-order valence-electron chi connectivity index (χ3n) is 4.51. The van der Waals surface area contributed by atoms with Crippen molar-refractivity contribution in [2.75, 3.05) is 31.1 Å². The Balaban J connectivity index is 0.00000243. The number of piperazine rings is 1. The van der Waals surface area contributed by atoms with E-state index in [0.29, 0.717) is 6.42 Å². The van der Waals surface area contributed by atoms with Crippen LogP contribution in [0.3, 0.4) is 0 Å². The van der Waals surface area contributed by atoms with Gasteiger partial charge in [-0.25, -0.2) is 5.84 Å². The van der Waals surface area contributed by atoms with Crippen LogP contribution >= 0.6 is 0 Å². The van der Waals surface area contributed by atoms with Gasteiger partial charge in [-0.2, -0.15) is 0 Å². The van der Waals surface area contributed by atoms with Gasteiger partial charge in [0.1, 0.15) is 0 Å². The quantitative estimate of drug-likeness (QED) is 0.415. The smallest absolute Gasteiger partial charge is 0.238 e. The Bertz CT molecular complexity index is 696. The Morgan fingerprint density at radius 2 is 1.73 bits per heavy atom. The summed E-state index contributed by atoms with van der Waals surface area (Å²) in [6.45, 7) is 4.11. The lowest BCUT2D eigenvalue weighted by molar-refractivity contribution is -0.120. The largest absolute Gasteiger partial charge is 0.368 e. The van der Waals surface area contributed by atoms with E-state index in [1.54, 1.807) is 0 Å². The van der Waals surface area contributed by atoms with Crippen molar-refractivity contribution in [3.63, 3.8) is 0 Å². The minimum Gasteiger partial charge on any atom is -0.368 e. The number of nitrogens with zero attached hydrogens (tertiary/aromatic N) is 2. The zero-order valence-corrected chi connectivity index (χ0v) is 14.4. The highest BCUT2D eigenvalue weighted by Crippen LogP contribution is 2.17. The zero-order valence-electron chi connectivity index (χ0n) is 14.4. The van der Waals surface area contributed by atoms with Gasteiger partial charge in [0.2, 0.25) is 5.91 Å². The molecule has 1 aliphatic heterocycles. The standard InChI is InChI=1S/C19H25N5O.CH4/c20-23-19(25)12-16-4-1-15(2-5-16)3-6-17-11-18(14-22-13-17)24-9-7-21-8-10-24;/h1-2,4-5,11,13-14,21H,3,6-10,12,20H2,(H,23,25);1H4. The van der Waals surface area contributed by atoms with Crippen molar-refractivity contribution in [2.45, 2.75) is 26.7 Å². The molecule has 1 aliphatic rings. The summed E-state index contributed by atoms with van der Waals surface area (Å²) in [7, 11) is 0. The summed E-state index contributed by atoms with van der Waals surface area (Å²) in [6.07, 6.45) is 6.12. The molecule has 4 N–H and O–H groups in total. The first-order chi connectivity index (χ1) is 12.2. The van der Waals surface area contributed by atoms with Gasteiger partial charge in [0.25, 0.3) is 0 Å². The first-order valence-corrected chi connectivity index (χ1v) is 8.71. The topological polar surface area (TPSA) is 83.3 Å². The van der Waals surface area contributed by atoms with Crippen molar-refractivity contribution in [3.05, 3.63) is 59.4 Å². The molecular weight excluding hydrogens is 326 g/mol. The number of amides is 1. The number of nitrogens with two attached hydrogens (primary N) is 1. The number of nitrogens with one attached hydrogen (secondary N) is 2. The molecule has 2 heterocycles. The van der Waals surface area contributed by atoms with Crippen molar-refractivity contribution < 1.29 is 4.79 Å². The van der Waals surface area contributed by atoms with Gasteiger partial charge in [-0.3, -0.25) is 15.2 Å². The van der Waals surface area contributed by atoms with Gasteiger partial charge in [-0.15, -0.1) is 0 Å². The predicted molar refractivity (Wildman–Crippen MR) is 106 cm³/mol. The Hall–Kier alpha value is -2.44. The number of aryl methyl sites for hydroxylation is 2. The van der Waals surface area contributed by atoms with Crippen molar-refractivity contribution in [2.24, 2.45) is 5.84 Å². The number of hydrogen-bond acceptors (Lipinski definition) is 5. The summed E-state index contributed by atoms with van der Waals surface area (Å²) in [5.41, 5.74) is 6.84. The summed E-state index contributed by atoms with van der Waals surface area (Å²) < 4.78 is 0. The Kier molecular flexibility index (Phi) is 7.56. The van der Waals surface area contributed by atoms with Gasteiger partial charge in [0.05, 0.1) is 18.3 Å². The van der Waals surface area contributed by atoms with E-state index in [2.05, 4.69) is 38.8 Å². The van der Waals surface area contributed by atoms with Crippen molar-refractivity contribution in [1.82, 2.24) is 15.7 Å². The van der Waals surface area contributed by atoms with E-state index in [4.69, 9.17) is 5.84 Å². The number of aromatic nitrogens is 1. The summed E-state index contributed by atoms with van der Waals surface area (Å²) in [5.74, 6) is 4.94. The average molecular weight is 355 g/mol. The first kappa shape index (κ1) is 19.9. The lowest BCUT2D eigenvalue weighted by Gasteiger charge is -2.29. The number of pyridine rings is 1. The van der Waals surface area contributed by atoms with E-state index < -0.39 is 0 Å². The molecule has 26 heavy (non-hydrogen) atoms. The van der Waals surface area contributed by atoms with Gasteiger partial charge in [0.15, 0.2) is 0 Å². The molecule has 6 nitrogen and oxygen atoms in total. The Labute approximate surface area is 155 Å². The molecular formula is C20H29N5O. The predicted octanol–water partition coefficient (Wildman–Crippen LogP) is 1.44. The van der Waals surface area contributed by atoms with E-state index in [-0.39, 0.29) is 13.3 Å². The number of hydrogen-bond donors (Lipinski definition) is 3. The van der Waals surface area contributed by atoms with Crippen LogP contribution in [0.1, 0.15) is 24.1 Å². The molecule has 0 atom stereocenters. The van der Waals surface area contributed by atoms with Crippen molar-refractivity contribution >= 4 is 11.6 Å². The fourth-order valence-electron chi connectivity index (χ4n) is 3.06. The fourth-order valence-corrected chi connectivity index (χ4v) is 3.06. The average Bonchev–Trinajstić information content (AvgIpc) is 2.68. The van der Waals surface area contributed by atoms with Crippen LogP contribution in [-0.2, 0) is 24.1 Å². The molecule has 1 aromatic carbocycles. The van der Waals surface area contributed by atoms with Gasteiger partial charge in [-0.1, -0.05) is 31.7 Å². The molecule has 1 fully saturated rings. The number of rotatable bonds is 6. The maximum Gasteiger partial charge on any atom is 0.238 e. The molecule has 3 rings (SSSR count). The van der Waals surface area contributed by atoms with Crippen LogP contribution in [0.4, 0.5) is 5.69 Å². The van der Waals surface area contributed by atoms with Crippen LogP contribution in [0.15, 0.2) is 42.7 Å². The summed E-state index contributed by atoms with van der Waals surface area (Å²) in [6, 6.07) is 10.4. The second-order valence-electron chi connectivity index (χ2n) is 6.35. The van der Waals surface area contributed by atoms with E-state index in [9.17, 15) is 4.79 Å². The maximum absolute atomic E-state index is 11.3. The zero-order chi connectivity index (χ0) is 17.5. The van der Waals surface area contributed by atoms with Gasteiger partial charge >= 0.3 is 0 Å². The van der Waals surface area contributed by atoms with Crippen LogP contribution in [0.2, 0.25) is 0 Å². The van der Waals surface area contributed by atoms with Crippen LogP contribution in [0.25, 0.3) is 0 Å². The lowest BCUT2D eigenvalue weighted by atomic mass is 10.0. The van der Waals surface area contributed by atoms with Gasteiger partial charge in [0, 0.05) is 32.4 Å². The van der Waals surface area contributed by atoms with Crippen LogP contribution in [0, 0.1) is 0 Å². The fraction of sp³-hybridized carbons (Fsp3) is 0.400. The molecule has 140 valence electrons. The highest BCUT2D eigenvalue weighted by molar-refractivity contribution is 5.77. The van der Waals surface area contributed by atoms with E-state index in [0.717, 1.165) is 44.6 Å². The SMILES string of the molecule is C.NNC(=O)Cc1ccc(CCc2cncc(N3CCNCC3)c2)cc1. The molecule has 0 bridgehead atoms.